The Kier molecular flexibility index (Phi) is 4.12. The SMILES string of the molecule is Cc1ccnc(Sc2ccccc2CCN)n1. The molecule has 0 unspecified atom stereocenters. The summed E-state index contributed by atoms with van der Waals surface area (Å²) in [5.74, 6) is 0. The van der Waals surface area contributed by atoms with Gasteiger partial charge in [0.15, 0.2) is 5.16 Å². The highest BCUT2D eigenvalue weighted by atomic mass is 32.2. The third-order valence-electron chi connectivity index (χ3n) is 2.36. The summed E-state index contributed by atoms with van der Waals surface area (Å²) in [5, 5.41) is 0.787. The van der Waals surface area contributed by atoms with Crippen LogP contribution in [0.15, 0.2) is 46.6 Å². The number of nitrogens with two attached hydrogens (primary N) is 1. The van der Waals surface area contributed by atoms with Gasteiger partial charge in [0, 0.05) is 16.8 Å². The Bertz CT molecular complexity index is 500. The number of aryl methyl sites for hydroxylation is 1. The highest BCUT2D eigenvalue weighted by Crippen LogP contribution is 2.27. The predicted octanol–water partition coefficient (Wildman–Crippen LogP) is 2.44. The van der Waals surface area contributed by atoms with Crippen molar-refractivity contribution in [2.24, 2.45) is 5.73 Å². The first-order chi connectivity index (χ1) is 8.29. The minimum atomic E-state index is 0.659. The van der Waals surface area contributed by atoms with Gasteiger partial charge in [-0.25, -0.2) is 9.97 Å². The molecule has 0 aliphatic carbocycles. The summed E-state index contributed by atoms with van der Waals surface area (Å²) in [7, 11) is 0. The maximum Gasteiger partial charge on any atom is 0.192 e. The average molecular weight is 245 g/mol. The smallest absolute Gasteiger partial charge is 0.192 e. The summed E-state index contributed by atoms with van der Waals surface area (Å²) in [6.07, 6.45) is 2.67. The molecule has 0 bridgehead atoms. The van der Waals surface area contributed by atoms with Gasteiger partial charge >= 0.3 is 0 Å². The molecule has 0 amide bonds. The molecule has 0 aliphatic rings. The number of benzene rings is 1. The first kappa shape index (κ1) is 12.1. The van der Waals surface area contributed by atoms with Crippen LogP contribution in [0.25, 0.3) is 0 Å². The second-order valence-electron chi connectivity index (χ2n) is 3.73. The summed E-state index contributed by atoms with van der Waals surface area (Å²) in [4.78, 5) is 9.83. The average Bonchev–Trinajstić information content (AvgIpc) is 2.32. The van der Waals surface area contributed by atoms with Gasteiger partial charge in [0.2, 0.25) is 0 Å². The Labute approximate surface area is 105 Å². The van der Waals surface area contributed by atoms with Crippen LogP contribution in [0, 0.1) is 6.92 Å². The standard InChI is InChI=1S/C13H15N3S/c1-10-7-9-15-13(16-10)17-12-5-3-2-4-11(12)6-8-14/h2-5,7,9H,6,8,14H2,1H3. The summed E-state index contributed by atoms with van der Waals surface area (Å²) < 4.78 is 0. The first-order valence-electron chi connectivity index (χ1n) is 5.55. The molecule has 0 saturated heterocycles. The maximum absolute atomic E-state index is 5.61. The van der Waals surface area contributed by atoms with Gasteiger partial charge in [-0.3, -0.25) is 0 Å². The van der Waals surface area contributed by atoms with Crippen molar-refractivity contribution in [1.82, 2.24) is 9.97 Å². The fourth-order valence-corrected chi connectivity index (χ4v) is 2.49. The lowest BCUT2D eigenvalue weighted by molar-refractivity contribution is 0.920. The van der Waals surface area contributed by atoms with Gasteiger partial charge in [-0.15, -0.1) is 0 Å². The Morgan fingerprint density at radius 2 is 2.06 bits per heavy atom. The molecule has 0 fully saturated rings. The monoisotopic (exact) mass is 245 g/mol. The molecule has 0 saturated carbocycles. The van der Waals surface area contributed by atoms with Crippen LogP contribution in [-0.2, 0) is 6.42 Å². The highest BCUT2D eigenvalue weighted by molar-refractivity contribution is 7.99. The van der Waals surface area contributed by atoms with Crippen LogP contribution in [0.1, 0.15) is 11.3 Å². The summed E-state index contributed by atoms with van der Waals surface area (Å²) >= 11 is 1.59. The lowest BCUT2D eigenvalue weighted by Crippen LogP contribution is -2.03. The molecule has 1 heterocycles. The molecule has 88 valence electrons. The lowest BCUT2D eigenvalue weighted by Gasteiger charge is -2.07. The van der Waals surface area contributed by atoms with Gasteiger partial charge in [-0.1, -0.05) is 18.2 Å². The van der Waals surface area contributed by atoms with Crippen LogP contribution in [0.5, 0.6) is 0 Å². The van der Waals surface area contributed by atoms with Crippen LogP contribution in [-0.4, -0.2) is 16.5 Å². The maximum atomic E-state index is 5.61. The van der Waals surface area contributed by atoms with Crippen LogP contribution < -0.4 is 5.73 Å². The normalized spacial score (nSPS) is 10.5. The molecule has 2 aromatic rings. The van der Waals surface area contributed by atoms with Crippen molar-refractivity contribution in [3.05, 3.63) is 47.8 Å². The molecule has 0 radical (unpaired) electrons. The van der Waals surface area contributed by atoms with E-state index in [9.17, 15) is 0 Å². The van der Waals surface area contributed by atoms with Gasteiger partial charge in [-0.05, 0) is 49.3 Å². The van der Waals surface area contributed by atoms with Crippen LogP contribution >= 0.6 is 11.8 Å². The van der Waals surface area contributed by atoms with Crippen molar-refractivity contribution in [3.8, 4) is 0 Å². The van der Waals surface area contributed by atoms with E-state index in [1.807, 2.05) is 25.1 Å². The quantitative estimate of drug-likeness (QED) is 0.841. The van der Waals surface area contributed by atoms with Crippen molar-refractivity contribution >= 4 is 11.8 Å². The number of hydrogen-bond acceptors (Lipinski definition) is 4. The molecule has 3 nitrogen and oxygen atoms in total. The van der Waals surface area contributed by atoms with E-state index in [-0.39, 0.29) is 0 Å². The van der Waals surface area contributed by atoms with E-state index in [1.54, 1.807) is 18.0 Å². The number of rotatable bonds is 4. The second kappa shape index (κ2) is 5.80. The van der Waals surface area contributed by atoms with Gasteiger partial charge in [0.05, 0.1) is 0 Å². The Balaban J connectivity index is 2.23. The fraction of sp³-hybridized carbons (Fsp3) is 0.231. The zero-order chi connectivity index (χ0) is 12.1. The van der Waals surface area contributed by atoms with E-state index >= 15 is 0 Å². The van der Waals surface area contributed by atoms with Crippen molar-refractivity contribution in [2.75, 3.05) is 6.54 Å². The molecule has 1 aromatic heterocycles. The molecule has 17 heavy (non-hydrogen) atoms. The molecular weight excluding hydrogens is 230 g/mol. The third kappa shape index (κ3) is 3.28. The molecule has 1 aromatic carbocycles. The van der Waals surface area contributed by atoms with Gasteiger partial charge in [0.1, 0.15) is 0 Å². The zero-order valence-electron chi connectivity index (χ0n) is 9.76. The Hall–Kier alpha value is -1.39. The first-order valence-corrected chi connectivity index (χ1v) is 6.36. The van der Waals surface area contributed by atoms with Gasteiger partial charge in [-0.2, -0.15) is 0 Å². The van der Waals surface area contributed by atoms with E-state index in [0.717, 1.165) is 17.3 Å². The third-order valence-corrected chi connectivity index (χ3v) is 3.36. The van der Waals surface area contributed by atoms with Crippen LogP contribution in [0.4, 0.5) is 0 Å². The van der Waals surface area contributed by atoms with Gasteiger partial charge < -0.3 is 5.73 Å². The molecule has 0 spiro atoms. The largest absolute Gasteiger partial charge is 0.330 e. The Morgan fingerprint density at radius 3 is 2.82 bits per heavy atom. The molecular formula is C13H15N3S. The van der Waals surface area contributed by atoms with E-state index < -0.39 is 0 Å². The second-order valence-corrected chi connectivity index (χ2v) is 4.74. The topological polar surface area (TPSA) is 51.8 Å². The predicted molar refractivity (Wildman–Crippen MR) is 70.1 cm³/mol. The van der Waals surface area contributed by atoms with Crippen molar-refractivity contribution in [1.29, 1.82) is 0 Å². The van der Waals surface area contributed by atoms with Crippen LogP contribution in [0.3, 0.4) is 0 Å². The number of nitrogens with zero attached hydrogens (tertiary/aromatic N) is 2. The van der Waals surface area contributed by atoms with E-state index in [0.29, 0.717) is 6.54 Å². The Morgan fingerprint density at radius 1 is 1.24 bits per heavy atom. The van der Waals surface area contributed by atoms with E-state index in [1.165, 1.54) is 10.5 Å². The number of aromatic nitrogens is 2. The van der Waals surface area contributed by atoms with E-state index in [4.69, 9.17) is 5.73 Å². The summed E-state index contributed by atoms with van der Waals surface area (Å²) in [6, 6.07) is 10.1. The van der Waals surface area contributed by atoms with Crippen molar-refractivity contribution in [2.45, 2.75) is 23.4 Å². The van der Waals surface area contributed by atoms with Crippen LogP contribution in [0.2, 0.25) is 0 Å². The molecule has 2 rings (SSSR count). The van der Waals surface area contributed by atoms with Crippen molar-refractivity contribution < 1.29 is 0 Å². The molecule has 4 heteroatoms. The summed E-state index contributed by atoms with van der Waals surface area (Å²) in [6.45, 7) is 2.63. The van der Waals surface area contributed by atoms with E-state index in [2.05, 4.69) is 22.1 Å². The minimum absolute atomic E-state index is 0.659. The van der Waals surface area contributed by atoms with Crippen molar-refractivity contribution in [3.63, 3.8) is 0 Å². The van der Waals surface area contributed by atoms with Gasteiger partial charge in [0.25, 0.3) is 0 Å². The minimum Gasteiger partial charge on any atom is -0.330 e. The molecule has 2 N–H and O–H groups in total. The fourth-order valence-electron chi connectivity index (χ4n) is 1.54. The highest BCUT2D eigenvalue weighted by Gasteiger charge is 2.05. The summed E-state index contributed by atoms with van der Waals surface area (Å²) in [5.41, 5.74) is 7.85. The lowest BCUT2D eigenvalue weighted by atomic mass is 10.1. The molecule has 0 atom stereocenters. The number of hydrogen-bond donors (Lipinski definition) is 1. The molecule has 0 aliphatic heterocycles. The zero-order valence-corrected chi connectivity index (χ0v) is 10.6.